The molecule has 0 aliphatic carbocycles. The number of nitriles is 1. The molecule has 3 rings (SSSR count). The number of ketones is 1. The zero-order valence-corrected chi connectivity index (χ0v) is 15.6. The van der Waals surface area contributed by atoms with Crippen LogP contribution in [0.2, 0.25) is 0 Å². The summed E-state index contributed by atoms with van der Waals surface area (Å²) in [5.74, 6) is -0.284. The number of Topliss-reactive ketones (excluding diaryl/α,β-unsaturated/α-hetero) is 1. The predicted molar refractivity (Wildman–Crippen MR) is 98.1 cm³/mol. The van der Waals surface area contributed by atoms with Gasteiger partial charge in [0.25, 0.3) is 0 Å². The molecule has 1 aliphatic heterocycles. The molecule has 2 heterocycles. The van der Waals surface area contributed by atoms with Gasteiger partial charge in [-0.3, -0.25) is 9.69 Å². The average Bonchev–Trinajstić information content (AvgIpc) is 2.68. The van der Waals surface area contributed by atoms with Gasteiger partial charge in [0.1, 0.15) is 17.5 Å². The van der Waals surface area contributed by atoms with Gasteiger partial charge >= 0.3 is 12.2 Å². The monoisotopic (exact) mass is 402 g/mol. The van der Waals surface area contributed by atoms with Gasteiger partial charge in [-0.05, 0) is 43.7 Å². The Morgan fingerprint density at radius 2 is 2.07 bits per heavy atom. The molecule has 1 aromatic heterocycles. The highest BCUT2D eigenvalue weighted by atomic mass is 19.4. The number of anilines is 1. The molecule has 9 heteroatoms. The summed E-state index contributed by atoms with van der Waals surface area (Å²) in [5.41, 5.74) is -1.49. The summed E-state index contributed by atoms with van der Waals surface area (Å²) in [6.07, 6.45) is -3.18. The second-order valence-corrected chi connectivity index (χ2v) is 6.82. The number of nitrogens with one attached hydrogen (secondary N) is 1. The summed E-state index contributed by atoms with van der Waals surface area (Å²) in [6, 6.07) is 7.91. The first kappa shape index (κ1) is 20.3. The van der Waals surface area contributed by atoms with E-state index in [0.717, 1.165) is 17.0 Å². The van der Waals surface area contributed by atoms with Crippen LogP contribution in [0.25, 0.3) is 0 Å². The van der Waals surface area contributed by atoms with Crippen LogP contribution in [0.4, 0.5) is 23.7 Å². The Bertz CT molecular complexity index is 998. The SMILES string of the molecule is CC(=O)C1(c2ccc(C#N)nc2)CNC(=O)N(c2cccc(C(F)(F)F)c2)C1C. The summed E-state index contributed by atoms with van der Waals surface area (Å²) in [6.45, 7) is 2.93. The van der Waals surface area contributed by atoms with Gasteiger partial charge in [-0.15, -0.1) is 0 Å². The van der Waals surface area contributed by atoms with Gasteiger partial charge in [0.2, 0.25) is 0 Å². The Morgan fingerprint density at radius 3 is 2.62 bits per heavy atom. The van der Waals surface area contributed by atoms with E-state index in [1.165, 1.54) is 31.3 Å². The number of benzene rings is 1. The fourth-order valence-electron chi connectivity index (χ4n) is 3.71. The lowest BCUT2D eigenvalue weighted by Crippen LogP contribution is -2.67. The lowest BCUT2D eigenvalue weighted by Gasteiger charge is -2.47. The fourth-order valence-corrected chi connectivity index (χ4v) is 3.71. The van der Waals surface area contributed by atoms with Crippen molar-refractivity contribution < 1.29 is 22.8 Å². The van der Waals surface area contributed by atoms with E-state index in [9.17, 15) is 22.8 Å². The number of carbonyl (C=O) groups excluding carboxylic acids is 2. The first-order valence-corrected chi connectivity index (χ1v) is 8.73. The maximum atomic E-state index is 13.1. The van der Waals surface area contributed by atoms with E-state index in [4.69, 9.17) is 5.26 Å². The average molecular weight is 402 g/mol. The number of rotatable bonds is 3. The maximum Gasteiger partial charge on any atom is 0.416 e. The third-order valence-corrected chi connectivity index (χ3v) is 5.31. The van der Waals surface area contributed by atoms with Gasteiger partial charge in [0.15, 0.2) is 0 Å². The highest BCUT2D eigenvalue weighted by Crippen LogP contribution is 2.38. The molecule has 2 aromatic rings. The molecule has 2 unspecified atom stereocenters. The van der Waals surface area contributed by atoms with Crippen molar-refractivity contribution in [3.63, 3.8) is 0 Å². The Labute approximate surface area is 165 Å². The van der Waals surface area contributed by atoms with E-state index in [2.05, 4.69) is 10.3 Å². The number of alkyl halides is 3. The van der Waals surface area contributed by atoms with Crippen LogP contribution in [0, 0.1) is 11.3 Å². The zero-order chi connectivity index (χ0) is 21.4. The second kappa shape index (κ2) is 7.20. The molecule has 29 heavy (non-hydrogen) atoms. The highest BCUT2D eigenvalue weighted by molar-refractivity contribution is 5.99. The van der Waals surface area contributed by atoms with Gasteiger partial charge in [-0.25, -0.2) is 9.78 Å². The third kappa shape index (κ3) is 3.42. The van der Waals surface area contributed by atoms with Gasteiger partial charge in [0, 0.05) is 18.4 Å². The highest BCUT2D eigenvalue weighted by Gasteiger charge is 2.51. The number of nitrogens with zero attached hydrogens (tertiary/aromatic N) is 3. The number of hydrogen-bond donors (Lipinski definition) is 1. The molecular formula is C20H17F3N4O2. The van der Waals surface area contributed by atoms with Crippen LogP contribution in [-0.4, -0.2) is 29.4 Å². The Kier molecular flexibility index (Phi) is 5.05. The summed E-state index contributed by atoms with van der Waals surface area (Å²) in [7, 11) is 0. The van der Waals surface area contributed by atoms with Crippen LogP contribution < -0.4 is 10.2 Å². The van der Waals surface area contributed by atoms with Crippen LogP contribution in [0.1, 0.15) is 30.7 Å². The number of aromatic nitrogens is 1. The maximum absolute atomic E-state index is 13.1. The normalized spacial score (nSPS) is 22.0. The molecule has 0 bridgehead atoms. The van der Waals surface area contributed by atoms with Crippen LogP contribution in [0.5, 0.6) is 0 Å². The number of hydrogen-bond acceptors (Lipinski definition) is 4. The van der Waals surface area contributed by atoms with E-state index in [1.54, 1.807) is 13.0 Å². The lowest BCUT2D eigenvalue weighted by atomic mass is 9.70. The van der Waals surface area contributed by atoms with Crippen molar-refractivity contribution in [3.05, 3.63) is 59.4 Å². The van der Waals surface area contributed by atoms with E-state index < -0.39 is 29.2 Å². The van der Waals surface area contributed by atoms with Crippen molar-refractivity contribution in [1.82, 2.24) is 10.3 Å². The molecule has 1 saturated heterocycles. The minimum Gasteiger partial charge on any atom is -0.336 e. The van der Waals surface area contributed by atoms with E-state index in [1.807, 2.05) is 6.07 Å². The quantitative estimate of drug-likeness (QED) is 0.853. The standard InChI is InChI=1S/C20H17F3N4O2/c1-12-19(13(2)28,15-6-7-16(9-24)25-10-15)11-26-18(29)27(12)17-5-3-4-14(8-17)20(21,22)23/h3-8,10,12H,11H2,1-2H3,(H,26,29). The first-order chi connectivity index (χ1) is 13.6. The summed E-state index contributed by atoms with van der Waals surface area (Å²) >= 11 is 0. The Balaban J connectivity index is 2.11. The molecule has 2 atom stereocenters. The minimum absolute atomic E-state index is 0.0248. The summed E-state index contributed by atoms with van der Waals surface area (Å²) < 4.78 is 39.4. The molecule has 6 nitrogen and oxygen atoms in total. The molecule has 150 valence electrons. The molecule has 1 aliphatic rings. The van der Waals surface area contributed by atoms with Crippen molar-refractivity contribution in [2.75, 3.05) is 11.4 Å². The lowest BCUT2D eigenvalue weighted by molar-refractivity contribution is -0.137. The van der Waals surface area contributed by atoms with Gasteiger partial charge in [-0.2, -0.15) is 18.4 Å². The number of carbonyl (C=O) groups is 2. The number of pyridine rings is 1. The molecule has 0 spiro atoms. The minimum atomic E-state index is -4.57. The van der Waals surface area contributed by atoms with Crippen molar-refractivity contribution in [2.24, 2.45) is 0 Å². The molecule has 2 amide bonds. The largest absolute Gasteiger partial charge is 0.416 e. The topological polar surface area (TPSA) is 86.1 Å². The smallest absolute Gasteiger partial charge is 0.336 e. The molecule has 0 radical (unpaired) electrons. The van der Waals surface area contributed by atoms with Gasteiger partial charge in [-0.1, -0.05) is 12.1 Å². The van der Waals surface area contributed by atoms with Crippen molar-refractivity contribution in [3.8, 4) is 6.07 Å². The van der Waals surface area contributed by atoms with Crippen LogP contribution in [0.3, 0.4) is 0 Å². The van der Waals surface area contributed by atoms with Crippen LogP contribution in [-0.2, 0) is 16.4 Å². The Hall–Kier alpha value is -3.41. The molecule has 1 fully saturated rings. The molecule has 0 saturated carbocycles. The van der Waals surface area contributed by atoms with Crippen molar-refractivity contribution in [2.45, 2.75) is 31.5 Å². The van der Waals surface area contributed by atoms with Crippen LogP contribution >= 0.6 is 0 Å². The van der Waals surface area contributed by atoms with Gasteiger partial charge < -0.3 is 5.32 Å². The van der Waals surface area contributed by atoms with E-state index in [0.29, 0.717) is 5.56 Å². The third-order valence-electron chi connectivity index (χ3n) is 5.31. The fraction of sp³-hybridized carbons (Fsp3) is 0.300. The molecule has 1 N–H and O–H groups in total. The summed E-state index contributed by atoms with van der Waals surface area (Å²) in [5, 5.41) is 11.6. The van der Waals surface area contributed by atoms with Crippen LogP contribution in [0.15, 0.2) is 42.6 Å². The first-order valence-electron chi connectivity index (χ1n) is 8.73. The Morgan fingerprint density at radius 1 is 1.34 bits per heavy atom. The zero-order valence-electron chi connectivity index (χ0n) is 15.6. The molecule has 1 aromatic carbocycles. The van der Waals surface area contributed by atoms with E-state index >= 15 is 0 Å². The number of amides is 2. The van der Waals surface area contributed by atoms with E-state index in [-0.39, 0.29) is 23.7 Å². The summed E-state index contributed by atoms with van der Waals surface area (Å²) in [4.78, 5) is 30.5. The number of urea groups is 1. The van der Waals surface area contributed by atoms with Crippen molar-refractivity contribution in [1.29, 1.82) is 5.26 Å². The van der Waals surface area contributed by atoms with Gasteiger partial charge in [0.05, 0.1) is 17.0 Å². The molecular weight excluding hydrogens is 385 g/mol. The second-order valence-electron chi connectivity index (χ2n) is 6.82. The predicted octanol–water partition coefficient (Wildman–Crippen LogP) is 3.42. The number of halogens is 3. The van der Waals surface area contributed by atoms with Crippen molar-refractivity contribution >= 4 is 17.5 Å².